The van der Waals surface area contributed by atoms with Crippen LogP contribution in [-0.2, 0) is 24.0 Å². The van der Waals surface area contributed by atoms with E-state index in [-0.39, 0.29) is 11.8 Å². The number of carbonyl (C=O) groups excluding carboxylic acids is 3. The Morgan fingerprint density at radius 1 is 0.806 bits per heavy atom. The molecule has 1 fully saturated rings. The highest BCUT2D eigenvalue weighted by molar-refractivity contribution is 5.96. The van der Waals surface area contributed by atoms with Crippen LogP contribution in [0.25, 0.3) is 0 Å². The summed E-state index contributed by atoms with van der Waals surface area (Å²) in [6, 6.07) is -1.16. The van der Waals surface area contributed by atoms with Crippen LogP contribution in [0.5, 0.6) is 0 Å². The van der Waals surface area contributed by atoms with Gasteiger partial charge < -0.3 is 31.5 Å². The summed E-state index contributed by atoms with van der Waals surface area (Å²) in [7, 11) is 0. The van der Waals surface area contributed by atoms with Crippen LogP contribution in [0.3, 0.4) is 0 Å². The van der Waals surface area contributed by atoms with Crippen molar-refractivity contribution in [2.75, 3.05) is 19.6 Å². The summed E-state index contributed by atoms with van der Waals surface area (Å²) in [5.41, 5.74) is 0. The second-order valence-electron chi connectivity index (χ2n) is 7.02. The lowest BCUT2D eigenvalue weighted by Crippen LogP contribution is -2.61. The topological polar surface area (TPSA) is 174 Å². The van der Waals surface area contributed by atoms with E-state index in [1.807, 2.05) is 0 Å². The van der Waals surface area contributed by atoms with E-state index in [4.69, 9.17) is 10.2 Å². The van der Waals surface area contributed by atoms with Crippen LogP contribution in [0.1, 0.15) is 38.5 Å². The fourth-order valence-electron chi connectivity index (χ4n) is 2.92. The summed E-state index contributed by atoms with van der Waals surface area (Å²) >= 11 is 0. The minimum Gasteiger partial charge on any atom is -0.478 e. The third-order valence-corrected chi connectivity index (χ3v) is 4.48. The van der Waals surface area contributed by atoms with Gasteiger partial charge in [-0.15, -0.1) is 0 Å². The first-order valence-corrected chi connectivity index (χ1v) is 10.2. The van der Waals surface area contributed by atoms with Gasteiger partial charge in [-0.05, 0) is 45.1 Å². The number of piperazine rings is 1. The molecule has 0 aromatic carbocycles. The second-order valence-corrected chi connectivity index (χ2v) is 7.02. The maximum atomic E-state index is 12.2. The molecule has 0 aromatic heterocycles. The zero-order valence-corrected chi connectivity index (χ0v) is 17.3. The number of nitrogens with one attached hydrogen (secondary N) is 4. The predicted octanol–water partition coefficient (Wildman–Crippen LogP) is -0.702. The largest absolute Gasteiger partial charge is 0.478 e. The highest BCUT2D eigenvalue weighted by atomic mass is 16.4. The third-order valence-electron chi connectivity index (χ3n) is 4.48. The molecule has 0 bridgehead atoms. The Kier molecular flexibility index (Phi) is 12.3. The third kappa shape index (κ3) is 12.2. The van der Waals surface area contributed by atoms with Gasteiger partial charge in [-0.3, -0.25) is 14.4 Å². The normalized spacial score (nSPS) is 18.7. The number of carbonyl (C=O) groups is 5. The molecule has 2 unspecified atom stereocenters. The van der Waals surface area contributed by atoms with Gasteiger partial charge in [0.25, 0.3) is 0 Å². The number of carboxylic acid groups (broad SMARTS) is 2. The number of aliphatic carboxylic acids is 2. The van der Waals surface area contributed by atoms with E-state index < -0.39 is 29.9 Å². The molecule has 2 atom stereocenters. The quantitative estimate of drug-likeness (QED) is 0.144. The number of hydrogen-bond donors (Lipinski definition) is 6. The lowest BCUT2D eigenvalue weighted by atomic mass is 10.0. The molecule has 172 valence electrons. The van der Waals surface area contributed by atoms with Gasteiger partial charge in [0.05, 0.1) is 0 Å². The van der Waals surface area contributed by atoms with E-state index in [1.54, 1.807) is 0 Å². The summed E-state index contributed by atoms with van der Waals surface area (Å²) in [6.07, 6.45) is 7.95. The van der Waals surface area contributed by atoms with Crippen molar-refractivity contribution >= 4 is 29.7 Å². The summed E-state index contributed by atoms with van der Waals surface area (Å²) in [5.74, 6) is -3.13. The fourth-order valence-corrected chi connectivity index (χ4v) is 2.92. The van der Waals surface area contributed by atoms with E-state index in [1.165, 1.54) is 6.08 Å². The minimum absolute atomic E-state index is 0.214. The van der Waals surface area contributed by atoms with Gasteiger partial charge in [0.2, 0.25) is 17.7 Å². The van der Waals surface area contributed by atoms with E-state index >= 15 is 0 Å². The molecule has 0 aromatic rings. The summed E-state index contributed by atoms with van der Waals surface area (Å²) in [4.78, 5) is 56.4. The predicted molar refractivity (Wildman–Crippen MR) is 111 cm³/mol. The zero-order chi connectivity index (χ0) is 23.1. The second kappa shape index (κ2) is 14.7. The highest BCUT2D eigenvalue weighted by Crippen LogP contribution is 2.10. The Morgan fingerprint density at radius 2 is 1.35 bits per heavy atom. The van der Waals surface area contributed by atoms with Crippen LogP contribution in [0.2, 0.25) is 0 Å². The number of carboxylic acids is 2. The molecule has 1 rings (SSSR count). The van der Waals surface area contributed by atoms with Crippen molar-refractivity contribution < 1.29 is 34.2 Å². The summed E-state index contributed by atoms with van der Waals surface area (Å²) < 4.78 is 0. The molecule has 0 radical (unpaired) electrons. The Bertz CT molecular complexity index is 706. The molecule has 11 nitrogen and oxygen atoms in total. The molecular weight excluding hydrogens is 408 g/mol. The SMILES string of the molecule is O=C(O)C=CCNCCCCC1NC(=O)C(CCCCNC(=O)C=CC(=O)O)NC1=O. The van der Waals surface area contributed by atoms with Gasteiger partial charge in [0, 0.05) is 31.3 Å². The van der Waals surface area contributed by atoms with Gasteiger partial charge in [-0.2, -0.15) is 0 Å². The number of hydrogen-bond acceptors (Lipinski definition) is 6. The lowest BCUT2D eigenvalue weighted by Gasteiger charge is -2.29. The van der Waals surface area contributed by atoms with Gasteiger partial charge >= 0.3 is 11.9 Å². The summed E-state index contributed by atoms with van der Waals surface area (Å²) in [6.45, 7) is 1.47. The van der Waals surface area contributed by atoms with Crippen molar-refractivity contribution in [3.63, 3.8) is 0 Å². The molecule has 0 saturated carbocycles. The van der Waals surface area contributed by atoms with E-state index in [9.17, 15) is 24.0 Å². The van der Waals surface area contributed by atoms with Crippen molar-refractivity contribution in [2.45, 2.75) is 50.6 Å². The standard InChI is InChI=1S/C20H30N4O7/c25-16(9-10-18(28)29)22-13-4-2-7-15-20(31)23-14(19(30)24-15)6-1-3-11-21-12-5-8-17(26)27/h5,8-10,14-15,21H,1-4,6-7,11-13H2,(H,22,25)(H,23,31)(H,24,30)(H,26,27)(H,28,29). The molecule has 6 N–H and O–H groups in total. The monoisotopic (exact) mass is 438 g/mol. The Balaban J connectivity index is 2.15. The van der Waals surface area contributed by atoms with Crippen molar-refractivity contribution in [2.24, 2.45) is 0 Å². The van der Waals surface area contributed by atoms with E-state index in [2.05, 4.69) is 21.3 Å². The average Bonchev–Trinajstić information content (AvgIpc) is 2.70. The van der Waals surface area contributed by atoms with Crippen molar-refractivity contribution in [3.05, 3.63) is 24.3 Å². The number of unbranched alkanes of at least 4 members (excludes halogenated alkanes) is 2. The molecule has 0 spiro atoms. The van der Waals surface area contributed by atoms with Gasteiger partial charge in [0.15, 0.2) is 0 Å². The summed E-state index contributed by atoms with van der Waals surface area (Å²) in [5, 5.41) is 28.0. The van der Waals surface area contributed by atoms with Crippen LogP contribution < -0.4 is 21.3 Å². The van der Waals surface area contributed by atoms with E-state index in [0.717, 1.165) is 31.1 Å². The molecule has 31 heavy (non-hydrogen) atoms. The molecule has 1 aliphatic heterocycles. The maximum Gasteiger partial charge on any atom is 0.328 e. The number of amides is 3. The molecule has 1 saturated heterocycles. The van der Waals surface area contributed by atoms with Crippen molar-refractivity contribution in [1.82, 2.24) is 21.3 Å². The van der Waals surface area contributed by atoms with Crippen molar-refractivity contribution in [1.29, 1.82) is 0 Å². The zero-order valence-electron chi connectivity index (χ0n) is 17.3. The van der Waals surface area contributed by atoms with Crippen molar-refractivity contribution in [3.8, 4) is 0 Å². The average molecular weight is 438 g/mol. The van der Waals surface area contributed by atoms with Crippen LogP contribution in [0.4, 0.5) is 0 Å². The first-order valence-electron chi connectivity index (χ1n) is 10.2. The molecule has 1 aliphatic rings. The fraction of sp³-hybridized carbons (Fsp3) is 0.550. The van der Waals surface area contributed by atoms with Crippen LogP contribution >= 0.6 is 0 Å². The van der Waals surface area contributed by atoms with Gasteiger partial charge in [0.1, 0.15) is 12.1 Å². The smallest absolute Gasteiger partial charge is 0.328 e. The molecular formula is C20H30N4O7. The van der Waals surface area contributed by atoms with Crippen LogP contribution in [0, 0.1) is 0 Å². The van der Waals surface area contributed by atoms with E-state index in [0.29, 0.717) is 45.3 Å². The maximum absolute atomic E-state index is 12.2. The molecule has 3 amide bonds. The van der Waals surface area contributed by atoms with Crippen LogP contribution in [0.15, 0.2) is 24.3 Å². The Labute approximate surface area is 180 Å². The molecule has 1 heterocycles. The number of rotatable bonds is 15. The molecule has 0 aliphatic carbocycles. The van der Waals surface area contributed by atoms with Gasteiger partial charge in [-0.25, -0.2) is 9.59 Å². The lowest BCUT2D eigenvalue weighted by molar-refractivity contribution is -0.137. The molecule has 11 heteroatoms. The Hall–Kier alpha value is -3.21. The Morgan fingerprint density at radius 3 is 1.90 bits per heavy atom. The highest BCUT2D eigenvalue weighted by Gasteiger charge is 2.32. The van der Waals surface area contributed by atoms with Gasteiger partial charge in [-0.1, -0.05) is 6.08 Å². The first-order chi connectivity index (χ1) is 14.8. The first kappa shape index (κ1) is 25.8. The minimum atomic E-state index is -1.20. The van der Waals surface area contributed by atoms with Crippen LogP contribution in [-0.4, -0.2) is 71.6 Å².